The van der Waals surface area contributed by atoms with Gasteiger partial charge in [0.25, 0.3) is 11.8 Å². The number of nitrogens with zero attached hydrogens (tertiary/aromatic N) is 1. The van der Waals surface area contributed by atoms with Gasteiger partial charge in [-0.2, -0.15) is 0 Å². The monoisotopic (exact) mass is 542 g/mol. The van der Waals surface area contributed by atoms with E-state index < -0.39 is 24.9 Å². The van der Waals surface area contributed by atoms with Gasteiger partial charge in [-0.1, -0.05) is 13.0 Å². The number of esters is 1. The predicted molar refractivity (Wildman–Crippen MR) is 143 cm³/mol. The number of anilines is 1. The number of benzene rings is 1. The number of ether oxygens (including phenoxy) is 2. The van der Waals surface area contributed by atoms with Crippen LogP contribution in [0, 0.1) is 19.3 Å². The molecule has 0 radical (unpaired) electrons. The van der Waals surface area contributed by atoms with Gasteiger partial charge in [-0.3, -0.25) is 19.8 Å². The van der Waals surface area contributed by atoms with Crippen LogP contribution in [-0.2, 0) is 19.1 Å². The minimum Gasteiger partial charge on any atom is -0.426 e. The Labute approximate surface area is 226 Å². The number of rotatable bonds is 12. The van der Waals surface area contributed by atoms with Gasteiger partial charge in [0.1, 0.15) is 6.04 Å². The van der Waals surface area contributed by atoms with Crippen molar-refractivity contribution in [2.75, 3.05) is 24.8 Å². The summed E-state index contributed by atoms with van der Waals surface area (Å²) in [7, 11) is 0. The van der Waals surface area contributed by atoms with Crippen molar-refractivity contribution in [1.29, 1.82) is 5.41 Å². The van der Waals surface area contributed by atoms with E-state index in [-0.39, 0.29) is 34.6 Å². The lowest BCUT2D eigenvalue weighted by atomic mass is 10.1. The fourth-order valence-electron chi connectivity index (χ4n) is 3.48. The summed E-state index contributed by atoms with van der Waals surface area (Å²) in [6.07, 6.45) is 1.42. The van der Waals surface area contributed by atoms with Crippen molar-refractivity contribution in [2.24, 2.45) is 0 Å². The number of amides is 4. The third-order valence-corrected chi connectivity index (χ3v) is 5.67. The van der Waals surface area contributed by atoms with Gasteiger partial charge < -0.3 is 30.4 Å². The van der Waals surface area contributed by atoms with Gasteiger partial charge >= 0.3 is 12.1 Å². The standard InChI is InChI=1S/C26H34N6O7/c1-6-10-29-23(34)18-9-8-15(3)20(11-18)32(26(37)39-14-38-25(36)17(5)31-13-33)22(27)21-16(4)19(12-30-21)24(35)28-7-2/h8-9,11-13,17,27,30H,6-7,10,14H2,1-5H3,(H,28,35)(H,29,34)(H,31,33). The maximum atomic E-state index is 13.3. The number of amidine groups is 1. The molecule has 4 amide bonds. The van der Waals surface area contributed by atoms with E-state index in [0.29, 0.717) is 36.2 Å². The zero-order valence-electron chi connectivity index (χ0n) is 22.6. The van der Waals surface area contributed by atoms with E-state index in [1.165, 1.54) is 19.2 Å². The predicted octanol–water partition coefficient (Wildman–Crippen LogP) is 2.12. The summed E-state index contributed by atoms with van der Waals surface area (Å²) in [5.41, 5.74) is 1.83. The molecule has 1 heterocycles. The summed E-state index contributed by atoms with van der Waals surface area (Å²) in [5, 5.41) is 16.6. The number of hydrogen-bond donors (Lipinski definition) is 5. The number of carbonyl (C=O) groups excluding carboxylic acids is 5. The zero-order chi connectivity index (χ0) is 29.1. The molecule has 0 spiro atoms. The number of aromatic nitrogens is 1. The Balaban J connectivity index is 2.45. The van der Waals surface area contributed by atoms with Crippen LogP contribution in [0.15, 0.2) is 24.4 Å². The third kappa shape index (κ3) is 7.66. The van der Waals surface area contributed by atoms with Crippen LogP contribution < -0.4 is 20.9 Å². The quantitative estimate of drug-likeness (QED) is 0.0894. The fraction of sp³-hybridized carbons (Fsp3) is 0.385. The van der Waals surface area contributed by atoms with E-state index in [0.717, 1.165) is 11.3 Å². The van der Waals surface area contributed by atoms with Gasteiger partial charge in [0.2, 0.25) is 13.2 Å². The van der Waals surface area contributed by atoms with Crippen LogP contribution in [0.3, 0.4) is 0 Å². The maximum absolute atomic E-state index is 13.3. The summed E-state index contributed by atoms with van der Waals surface area (Å²) in [6.45, 7) is 8.45. The van der Waals surface area contributed by atoms with Crippen LogP contribution in [-0.4, -0.2) is 67.0 Å². The first-order valence-electron chi connectivity index (χ1n) is 12.3. The van der Waals surface area contributed by atoms with Gasteiger partial charge in [-0.05, 0) is 57.4 Å². The first-order valence-corrected chi connectivity index (χ1v) is 12.3. The van der Waals surface area contributed by atoms with E-state index in [9.17, 15) is 24.0 Å². The second kappa shape index (κ2) is 14.3. The van der Waals surface area contributed by atoms with Crippen LogP contribution in [0.1, 0.15) is 64.7 Å². The maximum Gasteiger partial charge on any atom is 0.423 e. The largest absolute Gasteiger partial charge is 0.426 e. The van der Waals surface area contributed by atoms with Crippen molar-refractivity contribution in [3.8, 4) is 0 Å². The first kappa shape index (κ1) is 30.5. The molecule has 1 atom stereocenters. The molecule has 0 fully saturated rings. The molecule has 39 heavy (non-hydrogen) atoms. The van der Waals surface area contributed by atoms with Crippen LogP contribution in [0.25, 0.3) is 0 Å². The second-order valence-corrected chi connectivity index (χ2v) is 8.50. The molecule has 1 aromatic carbocycles. The Hall–Kier alpha value is -4.68. The molecule has 0 saturated heterocycles. The Morgan fingerprint density at radius 2 is 1.82 bits per heavy atom. The number of H-pyrrole nitrogens is 1. The van der Waals surface area contributed by atoms with E-state index in [1.54, 1.807) is 32.9 Å². The number of hydrogen-bond acceptors (Lipinski definition) is 8. The summed E-state index contributed by atoms with van der Waals surface area (Å²) < 4.78 is 10.0. The molecule has 2 aromatic rings. The van der Waals surface area contributed by atoms with Crippen molar-refractivity contribution in [1.82, 2.24) is 20.9 Å². The molecule has 13 nitrogen and oxygen atoms in total. The first-order chi connectivity index (χ1) is 18.6. The van der Waals surface area contributed by atoms with Gasteiger partial charge in [-0.25, -0.2) is 14.5 Å². The van der Waals surface area contributed by atoms with Gasteiger partial charge in [0, 0.05) is 24.8 Å². The average molecular weight is 543 g/mol. The Bertz CT molecular complexity index is 1240. The normalized spacial score (nSPS) is 11.1. The Kier molecular flexibility index (Phi) is 11.2. The molecule has 0 aliphatic carbocycles. The SMILES string of the molecule is CCCNC(=O)c1ccc(C)c(N(C(=N)c2[nH]cc(C(=O)NCC)c2C)C(=O)OCOC(=O)C(C)NC=O)c1. The van der Waals surface area contributed by atoms with Crippen LogP contribution in [0.5, 0.6) is 0 Å². The Morgan fingerprint density at radius 3 is 2.46 bits per heavy atom. The topological polar surface area (TPSA) is 183 Å². The van der Waals surface area contributed by atoms with Gasteiger partial charge in [-0.15, -0.1) is 0 Å². The van der Waals surface area contributed by atoms with Crippen LogP contribution >= 0.6 is 0 Å². The van der Waals surface area contributed by atoms with Gasteiger partial charge in [0.05, 0.1) is 16.9 Å². The summed E-state index contributed by atoms with van der Waals surface area (Å²) in [5.74, 6) is -1.92. The number of aromatic amines is 1. The highest BCUT2D eigenvalue weighted by molar-refractivity contribution is 6.21. The molecular formula is C26H34N6O7. The minimum absolute atomic E-state index is 0.161. The van der Waals surface area contributed by atoms with Crippen LogP contribution in [0.2, 0.25) is 0 Å². The molecule has 0 aliphatic heterocycles. The highest BCUT2D eigenvalue weighted by Crippen LogP contribution is 2.26. The van der Waals surface area contributed by atoms with E-state index >= 15 is 0 Å². The summed E-state index contributed by atoms with van der Waals surface area (Å²) >= 11 is 0. The molecule has 210 valence electrons. The molecule has 0 aliphatic rings. The molecule has 5 N–H and O–H groups in total. The van der Waals surface area contributed by atoms with Gasteiger partial charge in [0.15, 0.2) is 5.84 Å². The minimum atomic E-state index is -1.08. The zero-order valence-corrected chi connectivity index (χ0v) is 22.6. The smallest absolute Gasteiger partial charge is 0.423 e. The fourth-order valence-corrected chi connectivity index (χ4v) is 3.48. The molecule has 1 aromatic heterocycles. The number of nitrogens with one attached hydrogen (secondary N) is 5. The van der Waals surface area contributed by atoms with Crippen molar-refractivity contribution in [3.63, 3.8) is 0 Å². The number of aryl methyl sites for hydroxylation is 1. The number of carbonyl (C=O) groups is 5. The molecule has 0 saturated carbocycles. The average Bonchev–Trinajstić information content (AvgIpc) is 3.29. The summed E-state index contributed by atoms with van der Waals surface area (Å²) in [4.78, 5) is 64.6. The van der Waals surface area contributed by atoms with E-state index in [1.807, 2.05) is 6.92 Å². The molecule has 2 rings (SSSR count). The second-order valence-electron chi connectivity index (χ2n) is 8.50. The highest BCUT2D eigenvalue weighted by atomic mass is 16.7. The molecule has 1 unspecified atom stereocenters. The van der Waals surface area contributed by atoms with Crippen molar-refractivity contribution >= 4 is 41.8 Å². The Morgan fingerprint density at radius 1 is 1.10 bits per heavy atom. The highest BCUT2D eigenvalue weighted by Gasteiger charge is 2.29. The molecular weight excluding hydrogens is 508 g/mol. The van der Waals surface area contributed by atoms with E-state index in [4.69, 9.17) is 14.9 Å². The van der Waals surface area contributed by atoms with Crippen molar-refractivity contribution < 1.29 is 33.4 Å². The molecule has 0 bridgehead atoms. The van der Waals surface area contributed by atoms with Crippen molar-refractivity contribution in [3.05, 3.63) is 52.3 Å². The lowest BCUT2D eigenvalue weighted by Gasteiger charge is -2.25. The van der Waals surface area contributed by atoms with Crippen molar-refractivity contribution in [2.45, 2.75) is 47.1 Å². The lowest BCUT2D eigenvalue weighted by molar-refractivity contribution is -0.154. The van der Waals surface area contributed by atoms with E-state index in [2.05, 4.69) is 20.9 Å². The third-order valence-electron chi connectivity index (χ3n) is 5.67. The summed E-state index contributed by atoms with van der Waals surface area (Å²) in [6, 6.07) is 3.69. The van der Waals surface area contributed by atoms with Crippen LogP contribution in [0.4, 0.5) is 10.5 Å². The lowest BCUT2D eigenvalue weighted by Crippen LogP contribution is -2.40. The molecule has 13 heteroatoms.